The van der Waals surface area contributed by atoms with Gasteiger partial charge in [0.1, 0.15) is 5.82 Å². The Hall–Kier alpha value is -4.23. The van der Waals surface area contributed by atoms with Crippen molar-refractivity contribution in [3.63, 3.8) is 0 Å². The van der Waals surface area contributed by atoms with Crippen LogP contribution in [-0.2, 0) is 6.18 Å². The van der Waals surface area contributed by atoms with Crippen LogP contribution in [0.2, 0.25) is 0 Å². The summed E-state index contributed by atoms with van der Waals surface area (Å²) in [5, 5.41) is 25.4. The van der Waals surface area contributed by atoms with E-state index in [4.69, 9.17) is 5.21 Å². The van der Waals surface area contributed by atoms with Gasteiger partial charge in [0.2, 0.25) is 5.95 Å². The van der Waals surface area contributed by atoms with Crippen LogP contribution in [0.25, 0.3) is 16.9 Å². The lowest BCUT2D eigenvalue weighted by molar-refractivity contribution is -0.137. The molecule has 0 aliphatic heterocycles. The first-order chi connectivity index (χ1) is 16.3. The van der Waals surface area contributed by atoms with Gasteiger partial charge in [-0.3, -0.25) is 5.21 Å². The Morgan fingerprint density at radius 1 is 1.00 bits per heavy atom. The van der Waals surface area contributed by atoms with E-state index >= 15 is 0 Å². The zero-order valence-corrected chi connectivity index (χ0v) is 17.4. The molecule has 3 aromatic heterocycles. The maximum absolute atomic E-state index is 13.0. The van der Waals surface area contributed by atoms with E-state index in [0.717, 1.165) is 12.1 Å². The molecule has 0 radical (unpaired) electrons. The molecule has 4 aromatic rings. The van der Waals surface area contributed by atoms with Crippen molar-refractivity contribution in [3.8, 4) is 16.9 Å². The fraction of sp³-hybridized carbons (Fsp3) is 0.143. The average Bonchev–Trinajstić information content (AvgIpc) is 3.36. The second-order valence-corrected chi connectivity index (χ2v) is 7.00. The van der Waals surface area contributed by atoms with Crippen LogP contribution in [0, 0.1) is 5.21 Å². The molecule has 3 N–H and O–H groups in total. The van der Waals surface area contributed by atoms with Crippen LogP contribution < -0.4 is 15.9 Å². The van der Waals surface area contributed by atoms with Crippen molar-refractivity contribution in [1.82, 2.24) is 24.5 Å². The molecule has 0 bridgehead atoms. The second-order valence-electron chi connectivity index (χ2n) is 7.00. The van der Waals surface area contributed by atoms with Crippen LogP contribution >= 0.6 is 0 Å². The van der Waals surface area contributed by atoms with Gasteiger partial charge in [-0.2, -0.15) is 13.2 Å². The van der Waals surface area contributed by atoms with E-state index < -0.39 is 11.7 Å². The van der Waals surface area contributed by atoms with Crippen molar-refractivity contribution >= 4 is 17.5 Å². The van der Waals surface area contributed by atoms with Gasteiger partial charge in [0, 0.05) is 31.0 Å². The minimum absolute atomic E-state index is 0.00542. The SMILES string of the molecule is [O-]N(O)c1ccc(NCCNc2ncc(-n3ccnc3)c(-c3ccc(C(F)(F)F)cc3)n2)nc1. The number of aromatic nitrogens is 5. The Morgan fingerprint density at radius 2 is 1.76 bits per heavy atom. The second kappa shape index (κ2) is 9.72. The van der Waals surface area contributed by atoms with Crippen LogP contribution in [0.15, 0.2) is 67.5 Å². The van der Waals surface area contributed by atoms with E-state index in [0.29, 0.717) is 35.9 Å². The third-order valence-corrected chi connectivity index (χ3v) is 4.72. The van der Waals surface area contributed by atoms with Gasteiger partial charge in [-0.1, -0.05) is 12.1 Å². The molecule has 0 saturated heterocycles. The highest BCUT2D eigenvalue weighted by Gasteiger charge is 2.30. The first-order valence-electron chi connectivity index (χ1n) is 9.94. The highest BCUT2D eigenvalue weighted by molar-refractivity contribution is 5.70. The molecule has 34 heavy (non-hydrogen) atoms. The molecule has 0 atom stereocenters. The Bertz CT molecular complexity index is 1210. The number of hydrogen-bond acceptors (Lipinski definition) is 9. The first kappa shape index (κ1) is 22.9. The number of pyridine rings is 1. The van der Waals surface area contributed by atoms with Crippen molar-refractivity contribution in [3.05, 3.63) is 78.3 Å². The van der Waals surface area contributed by atoms with E-state index in [-0.39, 0.29) is 16.9 Å². The molecule has 4 rings (SSSR count). The molecular formula is C21H18F3N8O2-. The Labute approximate surface area is 191 Å². The van der Waals surface area contributed by atoms with Gasteiger partial charge in [0.05, 0.1) is 41.4 Å². The summed E-state index contributed by atoms with van der Waals surface area (Å²) in [6.45, 7) is 0.822. The van der Waals surface area contributed by atoms with Crippen molar-refractivity contribution in [2.45, 2.75) is 6.18 Å². The van der Waals surface area contributed by atoms with E-state index in [1.807, 2.05) is 0 Å². The lowest BCUT2D eigenvalue weighted by Gasteiger charge is -2.20. The summed E-state index contributed by atoms with van der Waals surface area (Å²) in [6, 6.07) is 7.68. The van der Waals surface area contributed by atoms with Gasteiger partial charge in [-0.25, -0.2) is 19.9 Å². The molecule has 0 unspecified atom stereocenters. The van der Waals surface area contributed by atoms with Gasteiger partial charge in [0.15, 0.2) is 0 Å². The fourth-order valence-electron chi connectivity index (χ4n) is 3.05. The summed E-state index contributed by atoms with van der Waals surface area (Å²) in [4.78, 5) is 16.8. The lowest BCUT2D eigenvalue weighted by atomic mass is 10.1. The number of imidazole rings is 1. The molecule has 10 nitrogen and oxygen atoms in total. The van der Waals surface area contributed by atoms with E-state index in [1.165, 1.54) is 30.5 Å². The van der Waals surface area contributed by atoms with Crippen molar-refractivity contribution in [2.24, 2.45) is 0 Å². The van der Waals surface area contributed by atoms with E-state index in [1.54, 1.807) is 29.5 Å². The number of nitrogens with zero attached hydrogens (tertiary/aromatic N) is 6. The van der Waals surface area contributed by atoms with E-state index in [2.05, 4.69) is 30.6 Å². The van der Waals surface area contributed by atoms with Crippen LogP contribution in [0.5, 0.6) is 0 Å². The Balaban J connectivity index is 1.48. The molecular weight excluding hydrogens is 453 g/mol. The molecule has 176 valence electrons. The minimum Gasteiger partial charge on any atom is -0.733 e. The number of halogens is 3. The lowest BCUT2D eigenvalue weighted by Crippen LogP contribution is -2.16. The summed E-state index contributed by atoms with van der Waals surface area (Å²) in [7, 11) is 0. The fourth-order valence-corrected chi connectivity index (χ4v) is 3.05. The monoisotopic (exact) mass is 471 g/mol. The topological polar surface area (TPSA) is 127 Å². The van der Waals surface area contributed by atoms with Crippen LogP contribution in [0.4, 0.5) is 30.6 Å². The third kappa shape index (κ3) is 5.39. The smallest absolute Gasteiger partial charge is 0.416 e. The minimum atomic E-state index is -4.43. The summed E-state index contributed by atoms with van der Waals surface area (Å²) < 4.78 is 40.5. The number of benzene rings is 1. The Kier molecular flexibility index (Phi) is 6.56. The molecule has 0 fully saturated rings. The molecule has 0 amide bonds. The zero-order valence-electron chi connectivity index (χ0n) is 17.4. The van der Waals surface area contributed by atoms with Gasteiger partial charge >= 0.3 is 6.18 Å². The quantitative estimate of drug-likeness (QED) is 0.258. The van der Waals surface area contributed by atoms with Crippen LogP contribution in [0.1, 0.15) is 5.56 Å². The molecule has 0 aliphatic rings. The van der Waals surface area contributed by atoms with Gasteiger partial charge < -0.3 is 25.6 Å². The molecule has 0 spiro atoms. The van der Waals surface area contributed by atoms with Gasteiger partial charge in [-0.05, 0) is 24.3 Å². The maximum Gasteiger partial charge on any atom is 0.416 e. The Morgan fingerprint density at radius 3 is 2.38 bits per heavy atom. The van der Waals surface area contributed by atoms with Crippen LogP contribution in [0.3, 0.4) is 0 Å². The molecule has 3 heterocycles. The van der Waals surface area contributed by atoms with Gasteiger partial charge in [-0.15, -0.1) is 0 Å². The number of nitrogens with one attached hydrogen (secondary N) is 2. The van der Waals surface area contributed by atoms with Crippen molar-refractivity contribution in [1.29, 1.82) is 0 Å². The summed E-state index contributed by atoms with van der Waals surface area (Å²) in [5.74, 6) is 0.778. The summed E-state index contributed by atoms with van der Waals surface area (Å²) in [6.07, 6.45) is 3.15. The predicted molar refractivity (Wildman–Crippen MR) is 118 cm³/mol. The largest absolute Gasteiger partial charge is 0.733 e. The van der Waals surface area contributed by atoms with Gasteiger partial charge in [0.25, 0.3) is 0 Å². The average molecular weight is 471 g/mol. The molecule has 13 heteroatoms. The highest BCUT2D eigenvalue weighted by atomic mass is 19.4. The molecule has 0 aliphatic carbocycles. The third-order valence-electron chi connectivity index (χ3n) is 4.72. The number of anilines is 3. The van der Waals surface area contributed by atoms with Crippen LogP contribution in [-0.4, -0.2) is 42.8 Å². The maximum atomic E-state index is 13.0. The zero-order chi connectivity index (χ0) is 24.1. The molecule has 1 aromatic carbocycles. The summed E-state index contributed by atoms with van der Waals surface area (Å²) >= 11 is 0. The normalized spacial score (nSPS) is 11.3. The number of rotatable bonds is 8. The number of alkyl halides is 3. The number of hydrogen-bond donors (Lipinski definition) is 3. The van der Waals surface area contributed by atoms with Crippen molar-refractivity contribution in [2.75, 3.05) is 28.9 Å². The first-order valence-corrected chi connectivity index (χ1v) is 9.94. The molecule has 0 saturated carbocycles. The van der Waals surface area contributed by atoms with E-state index in [9.17, 15) is 18.4 Å². The predicted octanol–water partition coefficient (Wildman–Crippen LogP) is 3.96. The highest BCUT2D eigenvalue weighted by Crippen LogP contribution is 2.32. The summed E-state index contributed by atoms with van der Waals surface area (Å²) in [5.41, 5.74) is 0.733. The van der Waals surface area contributed by atoms with Crippen molar-refractivity contribution < 1.29 is 18.4 Å². The standard InChI is InChI=1S/C21H18F3N8O2/c22-21(23,24)15-3-1-14(2-4-15)19-17(31-10-9-25-13-31)12-29-20(30-19)27-8-7-26-18-6-5-16(11-28-18)32(33)34/h1-6,9-13,33H,7-8H2,(H,26,28)(H,27,29,30)/q-1.